The molecule has 1 N–H and O–H groups in total. The minimum atomic E-state index is -2.00. The van der Waals surface area contributed by atoms with Crippen molar-refractivity contribution in [3.05, 3.63) is 93.8 Å². The molecule has 0 fully saturated rings. The highest BCUT2D eigenvalue weighted by molar-refractivity contribution is 7.00. The molecule has 0 saturated carbocycles. The van der Waals surface area contributed by atoms with E-state index < -0.39 is 17.6 Å². The Kier molecular flexibility index (Phi) is 5.42. The van der Waals surface area contributed by atoms with Crippen molar-refractivity contribution in [3.8, 4) is 5.75 Å². The number of benzene rings is 3. The van der Waals surface area contributed by atoms with Crippen LogP contribution in [0.25, 0.3) is 16.6 Å². The molecule has 34 heavy (non-hydrogen) atoms. The zero-order valence-electron chi connectivity index (χ0n) is 18.8. The molecule has 0 radical (unpaired) electrons. The Morgan fingerprint density at radius 1 is 1.03 bits per heavy atom. The summed E-state index contributed by atoms with van der Waals surface area (Å²) in [4.78, 5) is 13.2. The van der Waals surface area contributed by atoms with E-state index in [4.69, 9.17) is 9.47 Å². The number of hydrogen-bond acceptors (Lipinski definition) is 7. The van der Waals surface area contributed by atoms with Crippen molar-refractivity contribution >= 4 is 34.3 Å². The van der Waals surface area contributed by atoms with Gasteiger partial charge in [-0.1, -0.05) is 24.3 Å². The summed E-state index contributed by atoms with van der Waals surface area (Å²) in [6, 6.07) is 15.2. The summed E-state index contributed by atoms with van der Waals surface area (Å²) in [5.74, 6) is -3.08. The van der Waals surface area contributed by atoms with E-state index in [1.807, 2.05) is 19.9 Å². The smallest absolute Gasteiger partial charge is 0.342 e. The van der Waals surface area contributed by atoms with Gasteiger partial charge in [0.2, 0.25) is 0 Å². The SMILES string of the molecule is COc1ccc(CC2=C(c3ccc4nsnc4c3)C(=O)OC2(O)c2ccc(C)c(C)c2)cc1F. The predicted molar refractivity (Wildman–Crippen MR) is 127 cm³/mol. The van der Waals surface area contributed by atoms with Crippen molar-refractivity contribution in [2.45, 2.75) is 26.1 Å². The lowest BCUT2D eigenvalue weighted by molar-refractivity contribution is -0.185. The summed E-state index contributed by atoms with van der Waals surface area (Å²) >= 11 is 1.08. The van der Waals surface area contributed by atoms with E-state index in [-0.39, 0.29) is 17.7 Å². The van der Waals surface area contributed by atoms with Crippen LogP contribution in [-0.4, -0.2) is 26.9 Å². The highest BCUT2D eigenvalue weighted by Gasteiger charge is 2.48. The number of carbonyl (C=O) groups excluding carboxylic acids is 1. The van der Waals surface area contributed by atoms with Crippen molar-refractivity contribution in [1.29, 1.82) is 0 Å². The van der Waals surface area contributed by atoms with Crippen LogP contribution in [0.15, 0.2) is 60.2 Å². The van der Waals surface area contributed by atoms with Crippen molar-refractivity contribution < 1.29 is 23.8 Å². The Balaban J connectivity index is 1.71. The first-order valence-electron chi connectivity index (χ1n) is 10.6. The van der Waals surface area contributed by atoms with Crippen LogP contribution in [0, 0.1) is 19.7 Å². The molecule has 2 heterocycles. The minimum absolute atomic E-state index is 0.0821. The van der Waals surface area contributed by atoms with E-state index in [0.29, 0.717) is 33.3 Å². The molecule has 0 amide bonds. The fourth-order valence-electron chi connectivity index (χ4n) is 4.19. The number of fused-ring (bicyclic) bond motifs is 1. The molecule has 0 spiro atoms. The Hall–Kier alpha value is -3.62. The monoisotopic (exact) mass is 476 g/mol. The molecule has 0 aliphatic carbocycles. The Morgan fingerprint density at radius 2 is 1.82 bits per heavy atom. The Labute approximate surface area is 199 Å². The normalized spacial score (nSPS) is 18.0. The number of nitrogens with zero attached hydrogens (tertiary/aromatic N) is 2. The van der Waals surface area contributed by atoms with Crippen molar-refractivity contribution in [3.63, 3.8) is 0 Å². The van der Waals surface area contributed by atoms with Gasteiger partial charge in [-0.3, -0.25) is 0 Å². The summed E-state index contributed by atoms with van der Waals surface area (Å²) in [5, 5.41) is 11.8. The summed E-state index contributed by atoms with van der Waals surface area (Å²) in [6.07, 6.45) is 0.0821. The fourth-order valence-corrected chi connectivity index (χ4v) is 4.70. The second-order valence-electron chi connectivity index (χ2n) is 8.30. The second kappa shape index (κ2) is 8.30. The van der Waals surface area contributed by atoms with Crippen molar-refractivity contribution in [2.24, 2.45) is 0 Å². The van der Waals surface area contributed by atoms with Gasteiger partial charge < -0.3 is 14.6 Å². The number of methoxy groups -OCH3 is 1. The maximum atomic E-state index is 14.5. The van der Waals surface area contributed by atoms with E-state index in [1.165, 1.54) is 19.2 Å². The van der Waals surface area contributed by atoms with Gasteiger partial charge in [0, 0.05) is 17.6 Å². The average Bonchev–Trinajstić information content (AvgIpc) is 3.37. The number of halogens is 1. The zero-order chi connectivity index (χ0) is 24.0. The Bertz CT molecular complexity index is 1480. The largest absolute Gasteiger partial charge is 0.494 e. The van der Waals surface area contributed by atoms with E-state index in [9.17, 15) is 14.3 Å². The Morgan fingerprint density at radius 3 is 2.56 bits per heavy atom. The molecule has 172 valence electrons. The maximum Gasteiger partial charge on any atom is 0.342 e. The first-order chi connectivity index (χ1) is 16.3. The van der Waals surface area contributed by atoms with Crippen LogP contribution in [-0.2, 0) is 21.7 Å². The van der Waals surface area contributed by atoms with Gasteiger partial charge in [0.15, 0.2) is 11.6 Å². The van der Waals surface area contributed by atoms with Gasteiger partial charge in [-0.25, -0.2) is 9.18 Å². The molecule has 1 aromatic heterocycles. The van der Waals surface area contributed by atoms with Gasteiger partial charge in [-0.15, -0.1) is 0 Å². The van der Waals surface area contributed by atoms with Crippen LogP contribution in [0.3, 0.4) is 0 Å². The fraction of sp³-hybridized carbons (Fsp3) is 0.192. The van der Waals surface area contributed by atoms with Crippen LogP contribution in [0.2, 0.25) is 0 Å². The highest BCUT2D eigenvalue weighted by Crippen LogP contribution is 2.45. The van der Waals surface area contributed by atoms with Crippen LogP contribution in [0.1, 0.15) is 27.8 Å². The maximum absolute atomic E-state index is 14.5. The van der Waals surface area contributed by atoms with Gasteiger partial charge >= 0.3 is 5.97 Å². The number of aryl methyl sites for hydroxylation is 2. The lowest BCUT2D eigenvalue weighted by atomic mass is 9.87. The first kappa shape index (κ1) is 22.2. The van der Waals surface area contributed by atoms with Crippen LogP contribution >= 0.6 is 11.7 Å². The number of esters is 1. The number of hydrogen-bond donors (Lipinski definition) is 1. The number of cyclic esters (lactones) is 1. The summed E-state index contributed by atoms with van der Waals surface area (Å²) in [5.41, 5.74) is 5.43. The molecule has 0 bridgehead atoms. The van der Waals surface area contributed by atoms with E-state index in [0.717, 1.165) is 22.9 Å². The molecule has 1 atom stereocenters. The topological polar surface area (TPSA) is 81.5 Å². The minimum Gasteiger partial charge on any atom is -0.494 e. The molecule has 3 aromatic carbocycles. The molecule has 0 saturated heterocycles. The van der Waals surface area contributed by atoms with Crippen LogP contribution < -0.4 is 4.74 Å². The van der Waals surface area contributed by atoms with Gasteiger partial charge in [-0.05, 0) is 66.4 Å². The van der Waals surface area contributed by atoms with E-state index in [1.54, 1.807) is 36.4 Å². The molecule has 5 rings (SSSR count). The molecule has 4 aromatic rings. The third kappa shape index (κ3) is 3.65. The zero-order valence-corrected chi connectivity index (χ0v) is 19.6. The summed E-state index contributed by atoms with van der Waals surface area (Å²) in [6.45, 7) is 3.88. The van der Waals surface area contributed by atoms with Gasteiger partial charge in [-0.2, -0.15) is 8.75 Å². The standard InChI is InChI=1S/C26H21FN2O4S/c1-14-4-7-18(10-15(14)2)26(31)19(11-16-5-9-23(32-3)20(27)12-16)24(25(30)33-26)17-6-8-21-22(13-17)29-34-28-21/h4-10,12-13,31H,11H2,1-3H3. The summed E-state index contributed by atoms with van der Waals surface area (Å²) < 4.78 is 33.6. The van der Waals surface area contributed by atoms with Crippen LogP contribution in [0.5, 0.6) is 5.75 Å². The van der Waals surface area contributed by atoms with E-state index >= 15 is 0 Å². The number of aliphatic hydroxyl groups is 1. The predicted octanol–water partition coefficient (Wildman–Crippen LogP) is 4.85. The quantitative estimate of drug-likeness (QED) is 0.415. The number of aromatic nitrogens is 2. The van der Waals surface area contributed by atoms with Crippen LogP contribution in [0.4, 0.5) is 4.39 Å². The third-order valence-electron chi connectivity index (χ3n) is 6.19. The van der Waals surface area contributed by atoms with E-state index in [2.05, 4.69) is 8.75 Å². The van der Waals surface area contributed by atoms with Crippen molar-refractivity contribution in [2.75, 3.05) is 7.11 Å². The van der Waals surface area contributed by atoms with Gasteiger partial charge in [0.05, 0.1) is 24.4 Å². The molecule has 1 aliphatic rings. The third-order valence-corrected chi connectivity index (χ3v) is 6.75. The first-order valence-corrected chi connectivity index (χ1v) is 11.4. The molecular formula is C26H21FN2O4S. The lowest BCUT2D eigenvalue weighted by Gasteiger charge is -2.26. The van der Waals surface area contributed by atoms with Gasteiger partial charge in [0.1, 0.15) is 11.0 Å². The van der Waals surface area contributed by atoms with Crippen molar-refractivity contribution in [1.82, 2.24) is 8.75 Å². The summed E-state index contributed by atoms with van der Waals surface area (Å²) in [7, 11) is 1.39. The second-order valence-corrected chi connectivity index (χ2v) is 8.83. The molecule has 1 aliphatic heterocycles. The number of rotatable bonds is 5. The van der Waals surface area contributed by atoms with Gasteiger partial charge in [0.25, 0.3) is 5.79 Å². The molecular weight excluding hydrogens is 455 g/mol. The number of ether oxygens (including phenoxy) is 2. The molecule has 8 heteroatoms. The highest BCUT2D eigenvalue weighted by atomic mass is 32.1. The number of carbonyl (C=O) groups is 1. The molecule has 1 unspecified atom stereocenters. The molecule has 6 nitrogen and oxygen atoms in total. The lowest BCUT2D eigenvalue weighted by Crippen LogP contribution is -2.30. The average molecular weight is 477 g/mol.